The van der Waals surface area contributed by atoms with Crippen LogP contribution in [-0.2, 0) is 13.3 Å². The predicted octanol–water partition coefficient (Wildman–Crippen LogP) is 10.9. The molecule has 0 aliphatic heterocycles. The van der Waals surface area contributed by atoms with Gasteiger partial charge in [0.25, 0.3) is 0 Å². The Kier molecular flexibility index (Phi) is 10.5. The normalized spacial score (nSPS) is 27.6. The van der Waals surface area contributed by atoms with Crippen LogP contribution in [0.2, 0.25) is 54.4 Å². The van der Waals surface area contributed by atoms with Crippen molar-refractivity contribution in [2.45, 2.75) is 174 Å². The van der Waals surface area contributed by atoms with Crippen LogP contribution < -0.4 is 0 Å². The first-order valence-electron chi connectivity index (χ1n) is 16.7. The summed E-state index contributed by atoms with van der Waals surface area (Å²) < 4.78 is 21.2. The molecule has 0 aromatic heterocycles. The molecule has 0 heterocycles. The molecule has 3 nitrogen and oxygen atoms in total. The highest BCUT2D eigenvalue weighted by atomic mass is 28.4. The van der Waals surface area contributed by atoms with Gasteiger partial charge in [-0.15, -0.1) is 0 Å². The summed E-state index contributed by atoms with van der Waals surface area (Å²) in [6, 6.07) is 0. The van der Waals surface area contributed by atoms with Crippen LogP contribution in [0.25, 0.3) is 0 Å². The first-order valence-corrected chi connectivity index (χ1v) is 25.5. The molecule has 6 heteroatoms. The van der Waals surface area contributed by atoms with Crippen LogP contribution in [0.15, 0.2) is 11.8 Å². The van der Waals surface area contributed by atoms with Crippen molar-refractivity contribution >= 4 is 25.0 Å². The maximum absolute atomic E-state index is 7.17. The Hall–Kier alpha value is -0.329. The van der Waals surface area contributed by atoms with Gasteiger partial charge in [0.05, 0.1) is 17.8 Å². The van der Waals surface area contributed by atoms with Crippen LogP contribution in [0.1, 0.15) is 107 Å². The average Bonchev–Trinajstić information content (AvgIpc) is 2.79. The summed E-state index contributed by atoms with van der Waals surface area (Å²) >= 11 is 0. The van der Waals surface area contributed by atoms with Gasteiger partial charge >= 0.3 is 0 Å². The minimum absolute atomic E-state index is 0.0390. The van der Waals surface area contributed by atoms with Gasteiger partial charge in [0.15, 0.2) is 16.6 Å². The minimum atomic E-state index is -1.95. The van der Waals surface area contributed by atoms with Crippen LogP contribution in [0.4, 0.5) is 0 Å². The predicted molar refractivity (Wildman–Crippen MR) is 185 cm³/mol. The molecule has 0 unspecified atom stereocenters. The van der Waals surface area contributed by atoms with E-state index in [0.717, 1.165) is 12.8 Å². The molecule has 0 saturated heterocycles. The van der Waals surface area contributed by atoms with Gasteiger partial charge in [0.1, 0.15) is 6.10 Å². The van der Waals surface area contributed by atoms with E-state index in [0.29, 0.717) is 17.8 Å². The van der Waals surface area contributed by atoms with E-state index < -0.39 is 25.0 Å². The molecule has 0 spiro atoms. The van der Waals surface area contributed by atoms with E-state index in [1.807, 2.05) is 0 Å². The molecule has 236 valence electrons. The molecule has 0 bridgehead atoms. The molecule has 41 heavy (non-hydrogen) atoms. The summed E-state index contributed by atoms with van der Waals surface area (Å²) in [5.74, 6) is 10.7. The van der Waals surface area contributed by atoms with Crippen molar-refractivity contribution in [3.05, 3.63) is 11.8 Å². The van der Waals surface area contributed by atoms with Gasteiger partial charge in [-0.1, -0.05) is 93.4 Å². The zero-order chi connectivity index (χ0) is 31.2. The summed E-state index contributed by atoms with van der Waals surface area (Å²) in [6.07, 6.45) is 11.4. The molecule has 0 aromatic rings. The molecular weight excluding hydrogens is 553 g/mol. The molecule has 3 aliphatic rings. The first kappa shape index (κ1) is 35.2. The van der Waals surface area contributed by atoms with E-state index in [-0.39, 0.29) is 33.2 Å². The second kappa shape index (κ2) is 12.2. The van der Waals surface area contributed by atoms with Gasteiger partial charge in [-0.05, 0) is 92.1 Å². The third kappa shape index (κ3) is 8.04. The fourth-order valence-electron chi connectivity index (χ4n) is 5.75. The van der Waals surface area contributed by atoms with Gasteiger partial charge in [0.2, 0.25) is 8.32 Å². The van der Waals surface area contributed by atoms with E-state index >= 15 is 0 Å². The Labute approximate surface area is 258 Å². The van der Waals surface area contributed by atoms with Gasteiger partial charge in [0, 0.05) is 11.8 Å². The summed E-state index contributed by atoms with van der Waals surface area (Å²) in [5, 5.41) is 0.567. The van der Waals surface area contributed by atoms with Gasteiger partial charge in [-0.25, -0.2) is 0 Å². The number of hydrogen-bond donors (Lipinski definition) is 0. The zero-order valence-corrected chi connectivity index (χ0v) is 32.7. The van der Waals surface area contributed by atoms with E-state index in [4.69, 9.17) is 13.3 Å². The lowest BCUT2D eigenvalue weighted by Crippen LogP contribution is -2.52. The fourth-order valence-corrected chi connectivity index (χ4v) is 9.48. The van der Waals surface area contributed by atoms with E-state index in [9.17, 15) is 0 Å². The van der Waals surface area contributed by atoms with Gasteiger partial charge in [-0.2, -0.15) is 0 Å². The highest BCUT2D eigenvalue weighted by Crippen LogP contribution is 2.52. The Balaban J connectivity index is 1.97. The number of hydrogen-bond acceptors (Lipinski definition) is 3. The van der Waals surface area contributed by atoms with E-state index in [1.54, 1.807) is 0 Å². The second-order valence-electron chi connectivity index (χ2n) is 18.1. The molecule has 5 atom stereocenters. The van der Waals surface area contributed by atoms with Gasteiger partial charge < -0.3 is 13.3 Å². The maximum Gasteiger partial charge on any atom is 0.250 e. The topological polar surface area (TPSA) is 27.7 Å². The Bertz CT molecular complexity index is 991. The maximum atomic E-state index is 7.17. The van der Waals surface area contributed by atoms with Crippen LogP contribution in [0.3, 0.4) is 0 Å². The van der Waals surface area contributed by atoms with Crippen LogP contribution in [0, 0.1) is 35.5 Å². The molecule has 0 amide bonds. The molecule has 2 fully saturated rings. The third-order valence-electron chi connectivity index (χ3n) is 11.9. The molecule has 3 rings (SSSR count). The van der Waals surface area contributed by atoms with Crippen molar-refractivity contribution in [3.8, 4) is 11.8 Å². The summed E-state index contributed by atoms with van der Waals surface area (Å²) in [7, 11) is -5.74. The Morgan fingerprint density at radius 3 is 1.76 bits per heavy atom. The lowest BCUT2D eigenvalue weighted by Gasteiger charge is -2.51. The monoisotopic (exact) mass is 618 g/mol. The first-order chi connectivity index (χ1) is 18.5. The third-order valence-corrected chi connectivity index (χ3v) is 25.2. The second-order valence-corrected chi connectivity index (χ2v) is 32.4. The van der Waals surface area contributed by atoms with E-state index in [2.05, 4.69) is 120 Å². The Morgan fingerprint density at radius 1 is 0.707 bits per heavy atom. The lowest BCUT2D eigenvalue weighted by atomic mass is 9.64. The summed E-state index contributed by atoms with van der Waals surface area (Å²) in [5.41, 5.74) is 0. The Morgan fingerprint density at radius 2 is 1.24 bits per heavy atom. The van der Waals surface area contributed by atoms with Crippen LogP contribution >= 0.6 is 0 Å². The van der Waals surface area contributed by atoms with Crippen LogP contribution in [-0.4, -0.2) is 37.2 Å². The van der Waals surface area contributed by atoms with Gasteiger partial charge in [-0.3, -0.25) is 0 Å². The largest absolute Gasteiger partial charge is 0.547 e. The molecule has 0 aromatic carbocycles. The molecule has 0 radical (unpaired) electrons. The molecule has 0 N–H and O–H groups in total. The fraction of sp³-hybridized carbons (Fsp3) is 0.886. The summed E-state index contributed by atoms with van der Waals surface area (Å²) in [6.45, 7) is 35.4. The van der Waals surface area contributed by atoms with Crippen LogP contribution in [0.5, 0.6) is 0 Å². The lowest BCUT2D eigenvalue weighted by molar-refractivity contribution is 0.0366. The average molecular weight is 619 g/mol. The van der Waals surface area contributed by atoms with Crippen molar-refractivity contribution in [1.29, 1.82) is 0 Å². The highest BCUT2D eigenvalue weighted by molar-refractivity contribution is 6.75. The number of allylic oxidation sites excluding steroid dienone is 2. The number of fused-ring (bicyclic) bond motifs is 1. The van der Waals surface area contributed by atoms with Crippen molar-refractivity contribution in [2.24, 2.45) is 23.7 Å². The van der Waals surface area contributed by atoms with Crippen molar-refractivity contribution < 1.29 is 13.3 Å². The smallest absolute Gasteiger partial charge is 0.250 e. The van der Waals surface area contributed by atoms with Crippen molar-refractivity contribution in [3.63, 3.8) is 0 Å². The number of rotatable bonds is 7. The quantitative estimate of drug-likeness (QED) is 0.210. The zero-order valence-electron chi connectivity index (χ0n) is 29.7. The SMILES string of the molecule is CC(C)(C)[Si](C)(C)OC1=C[C@H]2[C@@H](C#C[C@@H](O[Si](C)(C)C(C)(C)C)C3CCCCC3)[C@H](O[Si](C)(C)C(C)(C)C)CC[C@H]12. The van der Waals surface area contributed by atoms with Crippen molar-refractivity contribution in [2.75, 3.05) is 0 Å². The highest BCUT2D eigenvalue weighted by Gasteiger charge is 2.51. The van der Waals surface area contributed by atoms with E-state index in [1.165, 1.54) is 37.9 Å². The van der Waals surface area contributed by atoms with Crippen molar-refractivity contribution in [1.82, 2.24) is 0 Å². The molecular formula is C35H66O3Si3. The minimum Gasteiger partial charge on any atom is -0.547 e. The molecule has 3 aliphatic carbocycles. The standard InChI is InChI=1S/C35H66O3Si3/c1-33(2,3)39(10,11)36-30(26-19-17-16-18-20-26)23-21-27-29-25-32(38-41(14,15)35(7,8)9)28(29)22-24-31(27)37-40(12,13)34(4,5)6/h25-31H,16-20,22,24H2,1-15H3/t27-,28+,29+,30-,31-/m1/s1. The molecule has 2 saturated carbocycles. The summed E-state index contributed by atoms with van der Waals surface area (Å²) in [4.78, 5) is 0.